The molecule has 0 bridgehead atoms. The second kappa shape index (κ2) is 5.52. The van der Waals surface area contributed by atoms with E-state index in [2.05, 4.69) is 23.3 Å². The zero-order chi connectivity index (χ0) is 10.5. The van der Waals surface area contributed by atoms with E-state index in [4.69, 9.17) is 0 Å². The molecule has 15 heavy (non-hydrogen) atoms. The van der Waals surface area contributed by atoms with Crippen molar-refractivity contribution in [1.82, 2.24) is 10.3 Å². The molecule has 1 aromatic rings. The van der Waals surface area contributed by atoms with Gasteiger partial charge in [0.2, 0.25) is 0 Å². The van der Waals surface area contributed by atoms with E-state index in [1.807, 2.05) is 24.0 Å². The van der Waals surface area contributed by atoms with Crippen LogP contribution in [0, 0.1) is 0 Å². The highest BCUT2D eigenvalue weighted by Crippen LogP contribution is 2.17. The van der Waals surface area contributed by atoms with E-state index >= 15 is 0 Å². The number of thioether (sulfide) groups is 1. The molecule has 1 unspecified atom stereocenters. The number of nitrogens with one attached hydrogen (secondary N) is 1. The largest absolute Gasteiger partial charge is 0.308 e. The Bertz CT molecular complexity index is 308. The maximum atomic E-state index is 4.44. The first-order valence-electron chi connectivity index (χ1n) is 5.64. The van der Waals surface area contributed by atoms with Gasteiger partial charge in [0.05, 0.1) is 5.69 Å². The van der Waals surface area contributed by atoms with Gasteiger partial charge in [-0.1, -0.05) is 13.0 Å². The molecule has 0 saturated carbocycles. The van der Waals surface area contributed by atoms with Gasteiger partial charge in [0, 0.05) is 24.5 Å². The quantitative estimate of drug-likeness (QED) is 0.845. The summed E-state index contributed by atoms with van der Waals surface area (Å²) in [6.07, 6.45) is 4.27. The summed E-state index contributed by atoms with van der Waals surface area (Å²) in [7, 11) is 0. The lowest BCUT2D eigenvalue weighted by Crippen LogP contribution is -2.28. The van der Waals surface area contributed by atoms with E-state index in [0.717, 1.165) is 13.0 Å². The van der Waals surface area contributed by atoms with Gasteiger partial charge in [0.15, 0.2) is 0 Å². The molecule has 2 nitrogen and oxygen atoms in total. The van der Waals surface area contributed by atoms with Gasteiger partial charge in [-0.3, -0.25) is 4.98 Å². The molecule has 1 aliphatic rings. The Morgan fingerprint density at radius 2 is 2.53 bits per heavy atom. The maximum absolute atomic E-state index is 4.44. The highest BCUT2D eigenvalue weighted by Gasteiger charge is 2.14. The zero-order valence-electron chi connectivity index (χ0n) is 9.20. The van der Waals surface area contributed by atoms with Crippen LogP contribution >= 0.6 is 11.8 Å². The fraction of sp³-hybridized carbons (Fsp3) is 0.583. The van der Waals surface area contributed by atoms with Gasteiger partial charge in [0.1, 0.15) is 0 Å². The Hall–Kier alpha value is -0.540. The lowest BCUT2D eigenvalue weighted by molar-refractivity contribution is 0.550. The Kier molecular flexibility index (Phi) is 4.03. The summed E-state index contributed by atoms with van der Waals surface area (Å²) in [6, 6.07) is 4.89. The highest BCUT2D eigenvalue weighted by atomic mass is 32.2. The highest BCUT2D eigenvalue weighted by molar-refractivity contribution is 7.99. The first kappa shape index (κ1) is 11.0. The van der Waals surface area contributed by atoms with Crippen LogP contribution in [0.4, 0.5) is 0 Å². The van der Waals surface area contributed by atoms with Crippen molar-refractivity contribution >= 4 is 11.8 Å². The SMILES string of the molecule is CCc1cccnc1CNC1CCSC1. The number of nitrogens with zero attached hydrogens (tertiary/aromatic N) is 1. The number of aromatic nitrogens is 1. The summed E-state index contributed by atoms with van der Waals surface area (Å²) in [4.78, 5) is 4.44. The first-order valence-corrected chi connectivity index (χ1v) is 6.79. The molecule has 1 aliphatic heterocycles. The van der Waals surface area contributed by atoms with E-state index < -0.39 is 0 Å². The van der Waals surface area contributed by atoms with Gasteiger partial charge in [0.25, 0.3) is 0 Å². The minimum absolute atomic E-state index is 0.696. The summed E-state index contributed by atoms with van der Waals surface area (Å²) in [5.74, 6) is 2.56. The van der Waals surface area contributed by atoms with Crippen LogP contribution in [0.15, 0.2) is 18.3 Å². The van der Waals surface area contributed by atoms with Crippen molar-refractivity contribution in [2.45, 2.75) is 32.4 Å². The molecule has 1 fully saturated rings. The zero-order valence-corrected chi connectivity index (χ0v) is 10.0. The van der Waals surface area contributed by atoms with Crippen LogP contribution in [-0.4, -0.2) is 22.5 Å². The van der Waals surface area contributed by atoms with E-state index in [1.54, 1.807) is 0 Å². The minimum atomic E-state index is 0.696. The van der Waals surface area contributed by atoms with Crippen molar-refractivity contribution in [3.63, 3.8) is 0 Å². The fourth-order valence-corrected chi connectivity index (χ4v) is 3.08. The molecule has 3 heteroatoms. The van der Waals surface area contributed by atoms with Crippen LogP contribution in [0.1, 0.15) is 24.6 Å². The lowest BCUT2D eigenvalue weighted by Gasteiger charge is -2.12. The van der Waals surface area contributed by atoms with E-state index in [-0.39, 0.29) is 0 Å². The number of rotatable bonds is 4. The standard InChI is InChI=1S/C12H18N2S/c1-2-10-4-3-6-13-12(10)8-14-11-5-7-15-9-11/h3-4,6,11,14H,2,5,7-9H2,1H3. The Morgan fingerprint density at radius 3 is 3.27 bits per heavy atom. The predicted octanol–water partition coefficient (Wildman–Crippen LogP) is 2.24. The smallest absolute Gasteiger partial charge is 0.0573 e. The third kappa shape index (κ3) is 2.95. The second-order valence-electron chi connectivity index (χ2n) is 3.90. The fourth-order valence-electron chi connectivity index (χ4n) is 1.89. The third-order valence-electron chi connectivity index (χ3n) is 2.85. The van der Waals surface area contributed by atoms with Crippen LogP contribution in [0.5, 0.6) is 0 Å². The molecule has 2 rings (SSSR count). The molecular weight excluding hydrogens is 204 g/mol. The van der Waals surface area contributed by atoms with Crippen LogP contribution < -0.4 is 5.32 Å². The van der Waals surface area contributed by atoms with Crippen LogP contribution in [0.3, 0.4) is 0 Å². The molecule has 0 radical (unpaired) electrons. The summed E-state index contributed by atoms with van der Waals surface area (Å²) >= 11 is 2.04. The third-order valence-corrected chi connectivity index (χ3v) is 4.02. The van der Waals surface area contributed by atoms with Crippen molar-refractivity contribution in [1.29, 1.82) is 0 Å². The van der Waals surface area contributed by atoms with Gasteiger partial charge in [-0.05, 0) is 30.2 Å². The van der Waals surface area contributed by atoms with Crippen molar-refractivity contribution < 1.29 is 0 Å². The van der Waals surface area contributed by atoms with Gasteiger partial charge < -0.3 is 5.32 Å². The van der Waals surface area contributed by atoms with Gasteiger partial charge in [-0.2, -0.15) is 11.8 Å². The topological polar surface area (TPSA) is 24.9 Å². The second-order valence-corrected chi connectivity index (χ2v) is 5.05. The van der Waals surface area contributed by atoms with E-state index in [0.29, 0.717) is 6.04 Å². The molecule has 0 aromatic carbocycles. The number of aryl methyl sites for hydroxylation is 1. The van der Waals surface area contributed by atoms with Gasteiger partial charge in [-0.25, -0.2) is 0 Å². The molecule has 2 heterocycles. The Labute approximate surface area is 95.9 Å². The van der Waals surface area contributed by atoms with Crippen molar-refractivity contribution in [2.75, 3.05) is 11.5 Å². The molecule has 82 valence electrons. The Morgan fingerprint density at radius 1 is 1.60 bits per heavy atom. The van der Waals surface area contributed by atoms with Crippen LogP contribution in [-0.2, 0) is 13.0 Å². The number of pyridine rings is 1. The molecule has 0 aliphatic carbocycles. The first-order chi connectivity index (χ1) is 7.40. The summed E-state index contributed by atoms with van der Waals surface area (Å²) < 4.78 is 0. The van der Waals surface area contributed by atoms with Crippen LogP contribution in [0.25, 0.3) is 0 Å². The van der Waals surface area contributed by atoms with Crippen LogP contribution in [0.2, 0.25) is 0 Å². The van der Waals surface area contributed by atoms with Gasteiger partial charge >= 0.3 is 0 Å². The summed E-state index contributed by atoms with van der Waals surface area (Å²) in [5.41, 5.74) is 2.59. The molecule has 0 amide bonds. The monoisotopic (exact) mass is 222 g/mol. The summed E-state index contributed by atoms with van der Waals surface area (Å²) in [5, 5.41) is 3.59. The number of hydrogen-bond acceptors (Lipinski definition) is 3. The van der Waals surface area contributed by atoms with Crippen molar-refractivity contribution in [2.24, 2.45) is 0 Å². The average Bonchev–Trinajstić information content (AvgIpc) is 2.79. The van der Waals surface area contributed by atoms with E-state index in [9.17, 15) is 0 Å². The molecule has 1 N–H and O–H groups in total. The predicted molar refractivity (Wildman–Crippen MR) is 66.2 cm³/mol. The number of hydrogen-bond donors (Lipinski definition) is 1. The molecule has 0 spiro atoms. The minimum Gasteiger partial charge on any atom is -0.308 e. The normalized spacial score (nSPS) is 20.7. The summed E-state index contributed by atoms with van der Waals surface area (Å²) in [6.45, 7) is 3.11. The molecule has 1 aromatic heterocycles. The van der Waals surface area contributed by atoms with Gasteiger partial charge in [-0.15, -0.1) is 0 Å². The van der Waals surface area contributed by atoms with Crippen molar-refractivity contribution in [3.8, 4) is 0 Å². The Balaban J connectivity index is 1.91. The molecular formula is C12H18N2S. The lowest BCUT2D eigenvalue weighted by atomic mass is 10.1. The van der Waals surface area contributed by atoms with Crippen molar-refractivity contribution in [3.05, 3.63) is 29.6 Å². The average molecular weight is 222 g/mol. The van der Waals surface area contributed by atoms with E-state index in [1.165, 1.54) is 29.2 Å². The maximum Gasteiger partial charge on any atom is 0.0573 e. The molecule has 1 saturated heterocycles. The molecule has 1 atom stereocenters.